The molecule has 5 nitrogen and oxygen atoms in total. The monoisotopic (exact) mass is 405 g/mol. The van der Waals surface area contributed by atoms with Crippen LogP contribution in [0.1, 0.15) is 41.5 Å². The van der Waals surface area contributed by atoms with Gasteiger partial charge in [0.1, 0.15) is 11.2 Å². The van der Waals surface area contributed by atoms with E-state index in [-0.39, 0.29) is 5.69 Å². The number of carbonyl (C=O) groups is 2. The molecular weight excluding hydrogens is 386 g/mol. The third-order valence-corrected chi connectivity index (χ3v) is 3.17. The Morgan fingerprint density at radius 2 is 1.43 bits per heavy atom. The van der Waals surface area contributed by atoms with Crippen LogP contribution in [0.25, 0.3) is 0 Å². The average Bonchev–Trinajstić information content (AvgIpc) is 2.27. The summed E-state index contributed by atoms with van der Waals surface area (Å²) in [7, 11) is 0. The molecule has 0 unspecified atom stereocenters. The molecule has 1 rings (SSSR count). The van der Waals surface area contributed by atoms with Crippen molar-refractivity contribution in [3.63, 3.8) is 0 Å². The summed E-state index contributed by atoms with van der Waals surface area (Å²) in [6.07, 6.45) is -1.65. The zero-order valence-corrected chi connectivity index (χ0v) is 16.4. The molecule has 1 aromatic rings. The van der Waals surface area contributed by atoms with Crippen LogP contribution in [0, 0.1) is 0 Å². The van der Waals surface area contributed by atoms with Crippen molar-refractivity contribution < 1.29 is 19.1 Å². The number of benzene rings is 1. The molecule has 0 bridgehead atoms. The van der Waals surface area contributed by atoms with Crippen LogP contribution in [-0.4, -0.2) is 23.4 Å². The standard InChI is InChI=1S/C16H21BrClNO4/c1-15(2,3)22-13(20)19(14(21)23-16(4,5)6)12-8-7-10(18)9-11(12)17/h7-9H,1-6H3. The Morgan fingerprint density at radius 1 is 1.00 bits per heavy atom. The van der Waals surface area contributed by atoms with Gasteiger partial charge in [0.05, 0.1) is 5.69 Å². The topological polar surface area (TPSA) is 55.8 Å². The van der Waals surface area contributed by atoms with Crippen molar-refractivity contribution in [1.82, 2.24) is 0 Å². The molecule has 128 valence electrons. The molecule has 0 fully saturated rings. The number of hydrogen-bond donors (Lipinski definition) is 0. The van der Waals surface area contributed by atoms with Crippen molar-refractivity contribution in [2.75, 3.05) is 4.90 Å². The number of nitrogens with zero attached hydrogens (tertiary/aromatic N) is 1. The maximum absolute atomic E-state index is 12.5. The highest BCUT2D eigenvalue weighted by Gasteiger charge is 2.33. The lowest BCUT2D eigenvalue weighted by atomic mass is 10.2. The van der Waals surface area contributed by atoms with Gasteiger partial charge in [0.2, 0.25) is 0 Å². The van der Waals surface area contributed by atoms with Crippen molar-refractivity contribution in [3.05, 3.63) is 27.7 Å². The van der Waals surface area contributed by atoms with Crippen LogP contribution < -0.4 is 4.90 Å². The summed E-state index contributed by atoms with van der Waals surface area (Å²) in [5, 5.41) is 0.467. The van der Waals surface area contributed by atoms with Crippen LogP contribution in [0.5, 0.6) is 0 Å². The van der Waals surface area contributed by atoms with Gasteiger partial charge in [0.25, 0.3) is 0 Å². The SMILES string of the molecule is CC(C)(C)OC(=O)N(C(=O)OC(C)(C)C)c1ccc(Cl)cc1Br. The van der Waals surface area contributed by atoms with Crippen LogP contribution in [0.2, 0.25) is 5.02 Å². The van der Waals surface area contributed by atoms with Gasteiger partial charge in [0, 0.05) is 9.50 Å². The lowest BCUT2D eigenvalue weighted by Crippen LogP contribution is -2.44. The fourth-order valence-electron chi connectivity index (χ4n) is 1.55. The second kappa shape index (κ2) is 7.09. The van der Waals surface area contributed by atoms with Crippen LogP contribution in [-0.2, 0) is 9.47 Å². The molecule has 1 aromatic carbocycles. The summed E-state index contributed by atoms with van der Waals surface area (Å²) in [5.41, 5.74) is -1.22. The highest BCUT2D eigenvalue weighted by Crippen LogP contribution is 2.31. The van der Waals surface area contributed by atoms with Gasteiger partial charge < -0.3 is 9.47 Å². The summed E-state index contributed by atoms with van der Waals surface area (Å²) in [6, 6.07) is 4.70. The molecule has 23 heavy (non-hydrogen) atoms. The highest BCUT2D eigenvalue weighted by molar-refractivity contribution is 9.10. The van der Waals surface area contributed by atoms with Crippen molar-refractivity contribution in [2.24, 2.45) is 0 Å². The van der Waals surface area contributed by atoms with Crippen molar-refractivity contribution in [1.29, 1.82) is 0 Å². The lowest BCUT2D eigenvalue weighted by Gasteiger charge is -2.29. The summed E-state index contributed by atoms with van der Waals surface area (Å²) in [6.45, 7) is 10.3. The molecule has 0 saturated heterocycles. The minimum Gasteiger partial charge on any atom is -0.443 e. The van der Waals surface area contributed by atoms with Gasteiger partial charge in [-0.05, 0) is 75.7 Å². The van der Waals surface area contributed by atoms with E-state index in [9.17, 15) is 9.59 Å². The van der Waals surface area contributed by atoms with Gasteiger partial charge >= 0.3 is 12.2 Å². The first-order chi connectivity index (χ1) is 10.3. The Kier molecular flexibility index (Phi) is 6.10. The third-order valence-electron chi connectivity index (χ3n) is 2.30. The van der Waals surface area contributed by atoms with Gasteiger partial charge in [-0.2, -0.15) is 4.90 Å². The summed E-state index contributed by atoms with van der Waals surface area (Å²) in [4.78, 5) is 25.8. The largest absolute Gasteiger partial charge is 0.443 e. The van der Waals surface area contributed by atoms with E-state index >= 15 is 0 Å². The van der Waals surface area contributed by atoms with Gasteiger partial charge in [-0.3, -0.25) is 0 Å². The Labute approximate surface area is 150 Å². The molecule has 0 aromatic heterocycles. The Hall–Kier alpha value is -1.27. The van der Waals surface area contributed by atoms with Crippen molar-refractivity contribution >= 4 is 45.4 Å². The van der Waals surface area contributed by atoms with Crippen LogP contribution in [0.4, 0.5) is 15.3 Å². The maximum Gasteiger partial charge on any atom is 0.424 e. The lowest BCUT2D eigenvalue weighted by molar-refractivity contribution is 0.0430. The van der Waals surface area contributed by atoms with E-state index in [1.807, 2.05) is 0 Å². The molecule has 0 aliphatic carbocycles. The second-order valence-electron chi connectivity index (χ2n) is 6.89. The van der Waals surface area contributed by atoms with Crippen LogP contribution >= 0.6 is 27.5 Å². The predicted molar refractivity (Wildman–Crippen MR) is 94.1 cm³/mol. The number of hydrogen-bond acceptors (Lipinski definition) is 4. The van der Waals surface area contributed by atoms with Crippen molar-refractivity contribution in [3.8, 4) is 0 Å². The number of halogens is 2. The molecule has 0 N–H and O–H groups in total. The van der Waals surface area contributed by atoms with E-state index in [1.54, 1.807) is 59.7 Å². The number of imide groups is 1. The van der Waals surface area contributed by atoms with E-state index in [1.165, 1.54) is 0 Å². The number of rotatable bonds is 1. The molecule has 0 saturated carbocycles. The summed E-state index contributed by atoms with van der Waals surface area (Å²) >= 11 is 9.21. The molecular formula is C16H21BrClNO4. The smallest absolute Gasteiger partial charge is 0.424 e. The molecule has 0 aliphatic rings. The number of anilines is 1. The molecule has 0 atom stereocenters. The fourth-order valence-corrected chi connectivity index (χ4v) is 2.41. The van der Waals surface area contributed by atoms with E-state index in [2.05, 4.69) is 15.9 Å². The van der Waals surface area contributed by atoms with Gasteiger partial charge in [-0.25, -0.2) is 9.59 Å². The number of ether oxygens (including phenoxy) is 2. The van der Waals surface area contributed by atoms with Crippen LogP contribution in [0.15, 0.2) is 22.7 Å². The highest BCUT2D eigenvalue weighted by atomic mass is 79.9. The van der Waals surface area contributed by atoms with E-state index in [0.29, 0.717) is 9.50 Å². The van der Waals surface area contributed by atoms with Crippen LogP contribution in [0.3, 0.4) is 0 Å². The summed E-state index contributed by atoms with van der Waals surface area (Å²) < 4.78 is 11.1. The molecule has 2 amide bonds. The van der Waals surface area contributed by atoms with E-state index < -0.39 is 23.4 Å². The Bertz CT molecular complexity index is 577. The fraction of sp³-hybridized carbons (Fsp3) is 0.500. The van der Waals surface area contributed by atoms with E-state index in [0.717, 1.165) is 4.90 Å². The predicted octanol–water partition coefficient (Wildman–Crippen LogP) is 5.78. The Morgan fingerprint density at radius 3 is 1.78 bits per heavy atom. The van der Waals surface area contributed by atoms with Gasteiger partial charge in [-0.15, -0.1) is 0 Å². The first-order valence-electron chi connectivity index (χ1n) is 7.01. The quantitative estimate of drug-likeness (QED) is 0.593. The first-order valence-corrected chi connectivity index (χ1v) is 8.18. The van der Waals surface area contributed by atoms with Gasteiger partial charge in [0.15, 0.2) is 0 Å². The number of carbonyl (C=O) groups excluding carboxylic acids is 2. The average molecular weight is 407 g/mol. The number of amides is 2. The molecule has 0 aliphatic heterocycles. The Balaban J connectivity index is 3.25. The summed E-state index contributed by atoms with van der Waals surface area (Å²) in [5.74, 6) is 0. The third kappa shape index (κ3) is 6.39. The first kappa shape index (κ1) is 19.8. The minimum absolute atomic E-state index is 0.290. The van der Waals surface area contributed by atoms with Crippen molar-refractivity contribution in [2.45, 2.75) is 52.7 Å². The normalized spacial score (nSPS) is 11.8. The maximum atomic E-state index is 12.5. The van der Waals surface area contributed by atoms with Gasteiger partial charge in [-0.1, -0.05) is 11.6 Å². The minimum atomic E-state index is -0.824. The molecule has 7 heteroatoms. The second-order valence-corrected chi connectivity index (χ2v) is 8.18. The molecule has 0 spiro atoms. The van der Waals surface area contributed by atoms with E-state index in [4.69, 9.17) is 21.1 Å². The molecule has 0 heterocycles. The molecule has 0 radical (unpaired) electrons. The zero-order valence-electron chi connectivity index (χ0n) is 14.1. The zero-order chi connectivity index (χ0) is 18.0.